The maximum absolute atomic E-state index is 12.3. The van der Waals surface area contributed by atoms with Gasteiger partial charge in [0.1, 0.15) is 5.75 Å². The van der Waals surface area contributed by atoms with E-state index >= 15 is 0 Å². The molecule has 0 aliphatic carbocycles. The van der Waals surface area contributed by atoms with Crippen LogP contribution >= 0.6 is 0 Å². The third-order valence-electron chi connectivity index (χ3n) is 3.69. The monoisotopic (exact) mass is 278 g/mol. The summed E-state index contributed by atoms with van der Waals surface area (Å²) in [6.07, 6.45) is 0. The summed E-state index contributed by atoms with van der Waals surface area (Å²) < 4.78 is 10.4. The average molecular weight is 278 g/mol. The lowest BCUT2D eigenvalue weighted by Gasteiger charge is -2.20. The quantitative estimate of drug-likeness (QED) is 0.754. The first kappa shape index (κ1) is 14.8. The molecule has 1 aromatic carbocycles. The van der Waals surface area contributed by atoms with E-state index in [4.69, 9.17) is 9.47 Å². The van der Waals surface area contributed by atoms with Crippen molar-refractivity contribution < 1.29 is 14.3 Å². The fourth-order valence-electron chi connectivity index (χ4n) is 2.66. The fraction of sp³-hybridized carbons (Fsp3) is 0.533. The molecule has 0 radical (unpaired) electrons. The number of hydrogen-bond acceptors (Lipinski definition) is 4. The third-order valence-corrected chi connectivity index (χ3v) is 3.69. The van der Waals surface area contributed by atoms with E-state index in [-0.39, 0.29) is 17.7 Å². The van der Waals surface area contributed by atoms with Crippen molar-refractivity contribution in [2.24, 2.45) is 5.92 Å². The van der Waals surface area contributed by atoms with Crippen LogP contribution in [-0.4, -0.2) is 46.4 Å². The Balaban J connectivity index is 2.08. The minimum Gasteiger partial charge on any atom is -0.496 e. The van der Waals surface area contributed by atoms with Crippen LogP contribution in [0.2, 0.25) is 0 Å². The van der Waals surface area contributed by atoms with E-state index in [1.807, 2.05) is 24.3 Å². The van der Waals surface area contributed by atoms with E-state index in [1.165, 1.54) is 0 Å². The maximum Gasteiger partial charge on any atom is 0.225 e. The van der Waals surface area contributed by atoms with E-state index in [1.54, 1.807) is 14.2 Å². The number of amides is 1. The van der Waals surface area contributed by atoms with E-state index in [2.05, 4.69) is 10.6 Å². The van der Waals surface area contributed by atoms with Crippen molar-refractivity contribution >= 4 is 5.91 Å². The molecule has 1 fully saturated rings. The minimum absolute atomic E-state index is 0.0665. The second-order valence-electron chi connectivity index (χ2n) is 4.90. The Morgan fingerprint density at radius 1 is 1.35 bits per heavy atom. The molecule has 2 N–H and O–H groups in total. The number of benzene rings is 1. The molecule has 0 spiro atoms. The van der Waals surface area contributed by atoms with Gasteiger partial charge in [0.15, 0.2) is 0 Å². The van der Waals surface area contributed by atoms with Gasteiger partial charge in [-0.25, -0.2) is 0 Å². The minimum atomic E-state index is -0.0665. The van der Waals surface area contributed by atoms with Gasteiger partial charge in [-0.1, -0.05) is 18.2 Å². The van der Waals surface area contributed by atoms with E-state index in [0.29, 0.717) is 19.7 Å². The highest BCUT2D eigenvalue weighted by atomic mass is 16.5. The summed E-state index contributed by atoms with van der Waals surface area (Å²) >= 11 is 0. The molecule has 110 valence electrons. The van der Waals surface area contributed by atoms with Crippen LogP contribution in [0.4, 0.5) is 0 Å². The Kier molecular flexibility index (Phi) is 5.38. The van der Waals surface area contributed by atoms with Gasteiger partial charge in [0.05, 0.1) is 19.6 Å². The first-order valence-corrected chi connectivity index (χ1v) is 6.88. The number of para-hydroxylation sites is 1. The topological polar surface area (TPSA) is 59.6 Å². The van der Waals surface area contributed by atoms with Crippen LogP contribution in [0.3, 0.4) is 0 Å². The van der Waals surface area contributed by atoms with E-state index < -0.39 is 0 Å². The zero-order valence-corrected chi connectivity index (χ0v) is 12.0. The molecule has 1 amide bonds. The molecule has 20 heavy (non-hydrogen) atoms. The lowest BCUT2D eigenvalue weighted by Crippen LogP contribution is -2.36. The van der Waals surface area contributed by atoms with Gasteiger partial charge >= 0.3 is 0 Å². The van der Waals surface area contributed by atoms with Crippen molar-refractivity contribution in [2.45, 2.75) is 5.92 Å². The highest BCUT2D eigenvalue weighted by Gasteiger charge is 2.35. The average Bonchev–Trinajstić information content (AvgIpc) is 2.96. The van der Waals surface area contributed by atoms with Crippen molar-refractivity contribution in [2.75, 3.05) is 40.5 Å². The van der Waals surface area contributed by atoms with Gasteiger partial charge in [-0.2, -0.15) is 0 Å². The molecule has 1 aromatic rings. The number of ether oxygens (including phenoxy) is 2. The summed E-state index contributed by atoms with van der Waals surface area (Å²) in [4.78, 5) is 12.3. The number of rotatable bonds is 6. The highest BCUT2D eigenvalue weighted by Crippen LogP contribution is 2.34. The van der Waals surface area contributed by atoms with E-state index in [9.17, 15) is 4.79 Å². The van der Waals surface area contributed by atoms with Crippen LogP contribution in [0.25, 0.3) is 0 Å². The lowest BCUT2D eigenvalue weighted by atomic mass is 9.87. The lowest BCUT2D eigenvalue weighted by molar-refractivity contribution is -0.125. The second-order valence-corrected chi connectivity index (χ2v) is 4.90. The van der Waals surface area contributed by atoms with Crippen molar-refractivity contribution in [3.63, 3.8) is 0 Å². The summed E-state index contributed by atoms with van der Waals surface area (Å²) in [7, 11) is 3.29. The molecule has 2 atom stereocenters. The normalized spacial score (nSPS) is 21.7. The standard InChI is InChI=1S/C15H22N2O3/c1-19-8-7-17-15(18)13-10-16-9-12(13)11-5-3-4-6-14(11)20-2/h3-6,12-13,16H,7-10H2,1-2H3,(H,17,18). The second kappa shape index (κ2) is 7.26. The van der Waals surface area contributed by atoms with Gasteiger partial charge < -0.3 is 20.1 Å². The first-order valence-electron chi connectivity index (χ1n) is 6.88. The van der Waals surface area contributed by atoms with Crippen LogP contribution in [0.15, 0.2) is 24.3 Å². The van der Waals surface area contributed by atoms with Crippen LogP contribution in [0.5, 0.6) is 5.75 Å². The molecule has 1 heterocycles. The zero-order valence-electron chi connectivity index (χ0n) is 12.0. The molecule has 0 aromatic heterocycles. The maximum atomic E-state index is 12.3. The summed E-state index contributed by atoms with van der Waals surface area (Å²) in [5.74, 6) is 0.996. The Bertz CT molecular complexity index is 450. The first-order chi connectivity index (χ1) is 9.77. The molecule has 5 nitrogen and oxygen atoms in total. The number of carbonyl (C=O) groups is 1. The molecule has 5 heteroatoms. The van der Waals surface area contributed by atoms with Crippen LogP contribution in [0, 0.1) is 5.92 Å². The Morgan fingerprint density at radius 2 is 2.15 bits per heavy atom. The van der Waals surface area contributed by atoms with Crippen LogP contribution in [0.1, 0.15) is 11.5 Å². The third kappa shape index (κ3) is 3.29. The largest absolute Gasteiger partial charge is 0.496 e. The summed E-state index contributed by atoms with van der Waals surface area (Å²) in [5.41, 5.74) is 1.09. The smallest absolute Gasteiger partial charge is 0.225 e. The summed E-state index contributed by atoms with van der Waals surface area (Å²) in [6, 6.07) is 7.90. The molecular weight excluding hydrogens is 256 g/mol. The van der Waals surface area contributed by atoms with Gasteiger partial charge in [0, 0.05) is 32.7 Å². The molecule has 2 unspecified atom stereocenters. The number of nitrogens with one attached hydrogen (secondary N) is 2. The van der Waals surface area contributed by atoms with Crippen molar-refractivity contribution in [3.8, 4) is 5.75 Å². The number of carbonyl (C=O) groups excluding carboxylic acids is 1. The number of hydrogen-bond donors (Lipinski definition) is 2. The molecule has 2 rings (SSSR count). The van der Waals surface area contributed by atoms with Crippen molar-refractivity contribution in [1.29, 1.82) is 0 Å². The molecule has 1 aliphatic heterocycles. The van der Waals surface area contributed by atoms with Gasteiger partial charge in [-0.05, 0) is 11.6 Å². The van der Waals surface area contributed by atoms with Gasteiger partial charge in [-0.15, -0.1) is 0 Å². The van der Waals surface area contributed by atoms with E-state index in [0.717, 1.165) is 17.9 Å². The fourth-order valence-corrected chi connectivity index (χ4v) is 2.66. The Morgan fingerprint density at radius 3 is 2.90 bits per heavy atom. The predicted octanol–water partition coefficient (Wildman–Crippen LogP) is 0.761. The highest BCUT2D eigenvalue weighted by molar-refractivity contribution is 5.80. The zero-order chi connectivity index (χ0) is 14.4. The van der Waals surface area contributed by atoms with Crippen LogP contribution in [-0.2, 0) is 9.53 Å². The van der Waals surface area contributed by atoms with Gasteiger partial charge in [-0.3, -0.25) is 4.79 Å². The molecule has 0 bridgehead atoms. The van der Waals surface area contributed by atoms with Crippen molar-refractivity contribution in [3.05, 3.63) is 29.8 Å². The molecule has 1 aliphatic rings. The molecule has 0 saturated carbocycles. The van der Waals surface area contributed by atoms with Gasteiger partial charge in [0.25, 0.3) is 0 Å². The van der Waals surface area contributed by atoms with Gasteiger partial charge in [0.2, 0.25) is 5.91 Å². The van der Waals surface area contributed by atoms with Crippen LogP contribution < -0.4 is 15.4 Å². The predicted molar refractivity (Wildman–Crippen MR) is 77.0 cm³/mol. The summed E-state index contributed by atoms with van der Waals surface area (Å²) in [6.45, 7) is 2.57. The Labute approximate surface area is 119 Å². The van der Waals surface area contributed by atoms with Crippen molar-refractivity contribution in [1.82, 2.24) is 10.6 Å². The Hall–Kier alpha value is -1.59. The SMILES string of the molecule is COCCNC(=O)C1CNCC1c1ccccc1OC. The number of methoxy groups -OCH3 is 2. The molecule has 1 saturated heterocycles. The summed E-state index contributed by atoms with van der Waals surface area (Å²) in [5, 5.41) is 6.21. The molecular formula is C15H22N2O3.